The SMILES string of the molecule is [C-]#[N+]CN1CN(C2CCCCC2)c2c(cnc3c2ccn3COCC[Si](C)(C)C)C1=O. The minimum absolute atomic E-state index is 0.0888. The molecular formula is C23H33N5O2Si. The molecule has 166 valence electrons. The lowest BCUT2D eigenvalue weighted by molar-refractivity contribution is 0.0752. The predicted molar refractivity (Wildman–Crippen MR) is 126 cm³/mol. The van der Waals surface area contributed by atoms with Gasteiger partial charge >= 0.3 is 0 Å². The van der Waals surface area contributed by atoms with E-state index in [4.69, 9.17) is 11.3 Å². The molecule has 1 aliphatic carbocycles. The standard InChI is InChI=1S/C23H33N5O2Si/c1-24-15-27-16-28(18-8-6-5-7-9-18)21-19-10-11-26(17-30-12-13-31(2,3)4)22(19)25-14-20(21)23(27)29/h10-11,14,18H,5-9,12-13,15-17H2,2-4H3. The first-order chi connectivity index (χ1) is 14.9. The molecule has 1 amide bonds. The van der Waals surface area contributed by atoms with E-state index in [9.17, 15) is 4.79 Å². The zero-order valence-electron chi connectivity index (χ0n) is 18.9. The molecule has 0 bridgehead atoms. The number of fused-ring (bicyclic) bond motifs is 3. The van der Waals surface area contributed by atoms with Crippen LogP contribution in [0, 0.1) is 6.57 Å². The topological polar surface area (TPSA) is 55.0 Å². The summed E-state index contributed by atoms with van der Waals surface area (Å²) in [7, 11) is -1.12. The van der Waals surface area contributed by atoms with Crippen LogP contribution < -0.4 is 4.90 Å². The van der Waals surface area contributed by atoms with Crippen LogP contribution in [0.15, 0.2) is 18.5 Å². The van der Waals surface area contributed by atoms with Crippen molar-refractivity contribution in [3.05, 3.63) is 35.4 Å². The Morgan fingerprint density at radius 3 is 2.74 bits per heavy atom. The molecule has 0 unspecified atom stereocenters. The molecule has 0 N–H and O–H groups in total. The number of carbonyl (C=O) groups excluding carboxylic acids is 1. The van der Waals surface area contributed by atoms with Gasteiger partial charge in [0.25, 0.3) is 12.6 Å². The van der Waals surface area contributed by atoms with E-state index in [0.29, 0.717) is 25.0 Å². The van der Waals surface area contributed by atoms with Gasteiger partial charge in [0.15, 0.2) is 0 Å². The Morgan fingerprint density at radius 2 is 2.03 bits per heavy atom. The molecule has 7 nitrogen and oxygen atoms in total. The van der Waals surface area contributed by atoms with Crippen LogP contribution in [0.5, 0.6) is 0 Å². The van der Waals surface area contributed by atoms with Crippen molar-refractivity contribution in [2.45, 2.75) is 70.6 Å². The first kappa shape index (κ1) is 21.8. The Morgan fingerprint density at radius 1 is 1.26 bits per heavy atom. The average molecular weight is 440 g/mol. The third kappa shape index (κ3) is 4.63. The quantitative estimate of drug-likeness (QED) is 0.354. The molecule has 0 aromatic carbocycles. The summed E-state index contributed by atoms with van der Waals surface area (Å²) >= 11 is 0. The Kier molecular flexibility index (Phi) is 6.35. The summed E-state index contributed by atoms with van der Waals surface area (Å²) in [5.41, 5.74) is 2.47. The smallest absolute Gasteiger partial charge is 0.293 e. The maximum Gasteiger partial charge on any atom is 0.293 e. The van der Waals surface area contributed by atoms with E-state index in [0.717, 1.165) is 42.2 Å². The summed E-state index contributed by atoms with van der Waals surface area (Å²) in [4.78, 5) is 25.2. The number of anilines is 1. The number of ether oxygens (including phenoxy) is 1. The highest BCUT2D eigenvalue weighted by atomic mass is 28.3. The highest BCUT2D eigenvalue weighted by Crippen LogP contribution is 2.38. The molecule has 0 spiro atoms. The maximum atomic E-state index is 13.1. The van der Waals surface area contributed by atoms with Crippen LogP contribution in [-0.2, 0) is 11.5 Å². The van der Waals surface area contributed by atoms with Gasteiger partial charge in [-0.3, -0.25) is 14.5 Å². The van der Waals surface area contributed by atoms with E-state index in [-0.39, 0.29) is 12.6 Å². The molecular weight excluding hydrogens is 406 g/mol. The zero-order chi connectivity index (χ0) is 22.0. The number of rotatable bonds is 7. The third-order valence-corrected chi connectivity index (χ3v) is 8.08. The van der Waals surface area contributed by atoms with Crippen LogP contribution in [0.4, 0.5) is 5.69 Å². The lowest BCUT2D eigenvalue weighted by Gasteiger charge is -2.42. The second-order valence-corrected chi connectivity index (χ2v) is 15.6. The molecule has 1 saturated carbocycles. The van der Waals surface area contributed by atoms with Crippen LogP contribution in [0.2, 0.25) is 25.7 Å². The number of hydrogen-bond donors (Lipinski definition) is 0. The number of pyridine rings is 1. The van der Waals surface area contributed by atoms with Crippen molar-refractivity contribution < 1.29 is 9.53 Å². The van der Waals surface area contributed by atoms with Gasteiger partial charge < -0.3 is 14.2 Å². The highest BCUT2D eigenvalue weighted by Gasteiger charge is 2.36. The summed E-state index contributed by atoms with van der Waals surface area (Å²) in [6.07, 6.45) is 9.68. The summed E-state index contributed by atoms with van der Waals surface area (Å²) in [6, 6.07) is 3.60. The third-order valence-electron chi connectivity index (χ3n) is 6.37. The minimum Gasteiger partial charge on any atom is -0.361 e. The van der Waals surface area contributed by atoms with Crippen LogP contribution in [0.1, 0.15) is 42.5 Å². The fraction of sp³-hybridized carbons (Fsp3) is 0.609. The first-order valence-corrected chi connectivity index (χ1v) is 15.0. The number of nitrogens with zero attached hydrogens (tertiary/aromatic N) is 5. The van der Waals surface area contributed by atoms with E-state index >= 15 is 0 Å². The molecule has 2 aromatic heterocycles. The van der Waals surface area contributed by atoms with Gasteiger partial charge in [0.05, 0.1) is 11.3 Å². The van der Waals surface area contributed by atoms with Gasteiger partial charge in [0.2, 0.25) is 0 Å². The lowest BCUT2D eigenvalue weighted by Crippen LogP contribution is -2.51. The number of hydrogen-bond acceptors (Lipinski definition) is 4. The Labute approximate surface area is 185 Å². The van der Waals surface area contributed by atoms with E-state index in [1.54, 1.807) is 11.1 Å². The number of amides is 1. The molecule has 3 heterocycles. The van der Waals surface area contributed by atoms with Crippen LogP contribution >= 0.6 is 0 Å². The van der Waals surface area contributed by atoms with Crippen LogP contribution in [0.3, 0.4) is 0 Å². The Balaban J connectivity index is 1.65. The molecule has 1 fully saturated rings. The molecule has 0 radical (unpaired) electrons. The van der Waals surface area contributed by atoms with Gasteiger partial charge in [-0.1, -0.05) is 38.9 Å². The molecule has 4 rings (SSSR count). The second-order valence-electron chi connectivity index (χ2n) is 9.94. The van der Waals surface area contributed by atoms with Crippen molar-refractivity contribution in [3.63, 3.8) is 0 Å². The molecule has 1 aliphatic heterocycles. The average Bonchev–Trinajstić information content (AvgIpc) is 3.16. The van der Waals surface area contributed by atoms with Crippen molar-refractivity contribution in [1.29, 1.82) is 0 Å². The molecule has 0 saturated heterocycles. The van der Waals surface area contributed by atoms with Crippen molar-refractivity contribution in [3.8, 4) is 0 Å². The van der Waals surface area contributed by atoms with Gasteiger partial charge in [0, 0.05) is 38.5 Å². The fourth-order valence-electron chi connectivity index (χ4n) is 4.61. The van der Waals surface area contributed by atoms with Gasteiger partial charge in [-0.15, -0.1) is 0 Å². The van der Waals surface area contributed by atoms with E-state index < -0.39 is 8.07 Å². The van der Waals surface area contributed by atoms with E-state index in [1.807, 2.05) is 10.8 Å². The van der Waals surface area contributed by atoms with Gasteiger partial charge in [-0.05, 0) is 25.0 Å². The van der Waals surface area contributed by atoms with Gasteiger partial charge in [-0.25, -0.2) is 11.6 Å². The van der Waals surface area contributed by atoms with Crippen molar-refractivity contribution >= 4 is 30.7 Å². The van der Waals surface area contributed by atoms with Crippen molar-refractivity contribution in [2.75, 3.05) is 24.8 Å². The van der Waals surface area contributed by atoms with Gasteiger partial charge in [0.1, 0.15) is 19.0 Å². The molecule has 8 heteroatoms. The molecule has 31 heavy (non-hydrogen) atoms. The fourth-order valence-corrected chi connectivity index (χ4v) is 5.37. The number of carbonyl (C=O) groups is 1. The molecule has 0 atom stereocenters. The first-order valence-electron chi connectivity index (χ1n) is 11.3. The summed E-state index contributed by atoms with van der Waals surface area (Å²) in [6.45, 7) is 16.1. The van der Waals surface area contributed by atoms with Gasteiger partial charge in [-0.2, -0.15) is 0 Å². The predicted octanol–water partition coefficient (Wildman–Crippen LogP) is 4.78. The Bertz CT molecular complexity index is 984. The van der Waals surface area contributed by atoms with Crippen molar-refractivity contribution in [2.24, 2.45) is 0 Å². The van der Waals surface area contributed by atoms with Crippen molar-refractivity contribution in [1.82, 2.24) is 14.5 Å². The van der Waals surface area contributed by atoms with E-state index in [2.05, 4.69) is 40.4 Å². The summed E-state index contributed by atoms with van der Waals surface area (Å²) < 4.78 is 7.99. The maximum absolute atomic E-state index is 13.1. The largest absolute Gasteiger partial charge is 0.361 e. The monoisotopic (exact) mass is 439 g/mol. The van der Waals surface area contributed by atoms with E-state index in [1.165, 1.54) is 19.3 Å². The zero-order valence-corrected chi connectivity index (χ0v) is 19.9. The van der Waals surface area contributed by atoms with Crippen LogP contribution in [0.25, 0.3) is 15.9 Å². The minimum atomic E-state index is -1.12. The Hall–Kier alpha value is -2.37. The lowest BCUT2D eigenvalue weighted by atomic mass is 9.92. The molecule has 2 aromatic rings. The second kappa shape index (κ2) is 9.01. The number of aromatic nitrogens is 2. The highest BCUT2D eigenvalue weighted by molar-refractivity contribution is 6.76. The summed E-state index contributed by atoms with van der Waals surface area (Å²) in [5.74, 6) is -0.0911. The van der Waals surface area contributed by atoms with Crippen LogP contribution in [-0.4, -0.2) is 54.4 Å². The summed E-state index contributed by atoms with van der Waals surface area (Å²) in [5, 5.41) is 1.01. The molecule has 2 aliphatic rings. The normalized spacial score (nSPS) is 17.8.